The van der Waals surface area contributed by atoms with Crippen LogP contribution in [0, 0.1) is 6.92 Å². The van der Waals surface area contributed by atoms with E-state index in [1.165, 1.54) is 11.6 Å². The molecule has 0 radical (unpaired) electrons. The van der Waals surface area contributed by atoms with Crippen molar-refractivity contribution >= 4 is 24.0 Å². The van der Waals surface area contributed by atoms with Crippen molar-refractivity contribution in [3.05, 3.63) is 28.2 Å². The van der Waals surface area contributed by atoms with Crippen LogP contribution in [0.15, 0.2) is 22.7 Å². The Kier molecular flexibility index (Phi) is 4.41. The molecular weight excluding hydrogens is 268 g/mol. The summed E-state index contributed by atoms with van der Waals surface area (Å²) >= 11 is 3.50. The molecule has 0 unspecified atom stereocenters. The van der Waals surface area contributed by atoms with E-state index in [0.717, 1.165) is 16.8 Å². The summed E-state index contributed by atoms with van der Waals surface area (Å²) < 4.78 is 6.83. The van der Waals surface area contributed by atoms with Gasteiger partial charge in [0.15, 0.2) is 0 Å². The molecule has 0 aliphatic carbocycles. The monoisotopic (exact) mass is 286 g/mol. The molecule has 84 valence electrons. The molecule has 0 heterocycles. The molecule has 0 spiro atoms. The van der Waals surface area contributed by atoms with E-state index in [-0.39, 0.29) is 0 Å². The van der Waals surface area contributed by atoms with Crippen LogP contribution in [-0.2, 0) is 0 Å². The fraction of sp³-hybridized carbons (Fsp3) is 0.500. The molecule has 0 saturated carbocycles. The van der Waals surface area contributed by atoms with Crippen LogP contribution >= 0.6 is 15.9 Å². The highest BCUT2D eigenvalue weighted by Crippen LogP contribution is 2.26. The lowest BCUT2D eigenvalue weighted by Crippen LogP contribution is -2.22. The van der Waals surface area contributed by atoms with E-state index in [1.54, 1.807) is 0 Å². The molecule has 0 aliphatic rings. The SMILES string of the molecule is Cc1ccc(Br)c(OCC[Si](C)(C)C)c1. The lowest BCUT2D eigenvalue weighted by Gasteiger charge is -2.16. The number of hydrogen-bond donors (Lipinski definition) is 0. The smallest absolute Gasteiger partial charge is 0.133 e. The second-order valence-corrected chi connectivity index (χ2v) is 11.6. The molecule has 1 aromatic carbocycles. The van der Waals surface area contributed by atoms with E-state index >= 15 is 0 Å². The maximum absolute atomic E-state index is 5.78. The maximum atomic E-state index is 5.78. The minimum absolute atomic E-state index is 0.831. The highest BCUT2D eigenvalue weighted by molar-refractivity contribution is 9.10. The molecule has 1 nitrogen and oxygen atoms in total. The molecule has 0 aromatic heterocycles. The topological polar surface area (TPSA) is 9.23 Å². The van der Waals surface area contributed by atoms with Crippen molar-refractivity contribution in [2.75, 3.05) is 6.61 Å². The van der Waals surface area contributed by atoms with Gasteiger partial charge in [0.2, 0.25) is 0 Å². The van der Waals surface area contributed by atoms with Gasteiger partial charge >= 0.3 is 0 Å². The third-order valence-corrected chi connectivity index (χ3v) is 4.56. The summed E-state index contributed by atoms with van der Waals surface area (Å²) in [6.45, 7) is 10.0. The molecule has 0 atom stereocenters. The summed E-state index contributed by atoms with van der Waals surface area (Å²) in [4.78, 5) is 0. The third kappa shape index (κ3) is 4.84. The fourth-order valence-electron chi connectivity index (χ4n) is 1.19. The molecule has 0 saturated heterocycles. The Hall–Kier alpha value is -0.283. The van der Waals surface area contributed by atoms with Crippen molar-refractivity contribution in [3.8, 4) is 5.75 Å². The molecule has 3 heteroatoms. The van der Waals surface area contributed by atoms with E-state index < -0.39 is 8.07 Å². The van der Waals surface area contributed by atoms with Crippen molar-refractivity contribution in [1.82, 2.24) is 0 Å². The zero-order chi connectivity index (χ0) is 11.5. The summed E-state index contributed by atoms with van der Waals surface area (Å²) in [5, 5.41) is 0. The highest BCUT2D eigenvalue weighted by atomic mass is 79.9. The first-order chi connectivity index (χ1) is 6.88. The van der Waals surface area contributed by atoms with E-state index in [2.05, 4.69) is 54.6 Å². The zero-order valence-corrected chi connectivity index (χ0v) is 12.5. The van der Waals surface area contributed by atoms with Gasteiger partial charge in [-0.1, -0.05) is 25.7 Å². The van der Waals surface area contributed by atoms with Gasteiger partial charge in [-0.2, -0.15) is 0 Å². The largest absolute Gasteiger partial charge is 0.493 e. The molecule has 0 fully saturated rings. The summed E-state index contributed by atoms with van der Waals surface area (Å²) in [5.41, 5.74) is 1.24. The summed E-state index contributed by atoms with van der Waals surface area (Å²) in [6, 6.07) is 7.40. The van der Waals surface area contributed by atoms with Crippen LogP contribution in [0.4, 0.5) is 0 Å². The van der Waals surface area contributed by atoms with Crippen molar-refractivity contribution < 1.29 is 4.74 Å². The summed E-state index contributed by atoms with van der Waals surface area (Å²) in [6.07, 6.45) is 0. The second-order valence-electron chi connectivity index (χ2n) is 5.09. The zero-order valence-electron chi connectivity index (χ0n) is 9.93. The second kappa shape index (κ2) is 5.17. The summed E-state index contributed by atoms with van der Waals surface area (Å²) in [5.74, 6) is 0.966. The van der Waals surface area contributed by atoms with Crippen LogP contribution in [0.1, 0.15) is 5.56 Å². The lowest BCUT2D eigenvalue weighted by atomic mass is 10.2. The first kappa shape index (κ1) is 12.8. The van der Waals surface area contributed by atoms with Crippen LogP contribution in [0.5, 0.6) is 5.75 Å². The quantitative estimate of drug-likeness (QED) is 0.742. The Morgan fingerprint density at radius 2 is 1.93 bits per heavy atom. The third-order valence-electron chi connectivity index (χ3n) is 2.20. The number of rotatable bonds is 4. The number of aryl methyl sites for hydroxylation is 1. The number of ether oxygens (including phenoxy) is 1. The molecule has 0 N–H and O–H groups in total. The minimum atomic E-state index is -0.982. The van der Waals surface area contributed by atoms with Gasteiger partial charge in [-0.15, -0.1) is 0 Å². The molecule has 1 aromatic rings. The molecule has 0 amide bonds. The normalized spacial score (nSPS) is 11.5. The Morgan fingerprint density at radius 3 is 2.53 bits per heavy atom. The van der Waals surface area contributed by atoms with Gasteiger partial charge in [-0.25, -0.2) is 0 Å². The van der Waals surface area contributed by atoms with E-state index in [9.17, 15) is 0 Å². The van der Waals surface area contributed by atoms with Gasteiger partial charge in [0.25, 0.3) is 0 Å². The van der Waals surface area contributed by atoms with Crippen LogP contribution in [-0.4, -0.2) is 14.7 Å². The standard InChI is InChI=1S/C12H19BrOSi/c1-10-5-6-11(13)12(9-10)14-7-8-15(2,3)4/h5-6,9H,7-8H2,1-4H3. The Bertz CT molecular complexity index is 331. The first-order valence-electron chi connectivity index (χ1n) is 5.27. The van der Waals surface area contributed by atoms with Crippen molar-refractivity contribution in [2.45, 2.75) is 32.6 Å². The average molecular weight is 287 g/mol. The van der Waals surface area contributed by atoms with Crippen molar-refractivity contribution in [3.63, 3.8) is 0 Å². The molecule has 1 rings (SSSR count). The van der Waals surface area contributed by atoms with Crippen molar-refractivity contribution in [1.29, 1.82) is 0 Å². The minimum Gasteiger partial charge on any atom is -0.493 e. The van der Waals surface area contributed by atoms with Gasteiger partial charge in [-0.05, 0) is 46.6 Å². The predicted octanol–water partition coefficient (Wildman–Crippen LogP) is 4.47. The Morgan fingerprint density at radius 1 is 1.27 bits per heavy atom. The van der Waals surface area contributed by atoms with Crippen molar-refractivity contribution in [2.24, 2.45) is 0 Å². The highest BCUT2D eigenvalue weighted by Gasteiger charge is 2.13. The fourth-order valence-corrected chi connectivity index (χ4v) is 2.26. The van der Waals surface area contributed by atoms with Crippen LogP contribution < -0.4 is 4.74 Å². The van der Waals surface area contributed by atoms with Gasteiger partial charge in [0.05, 0.1) is 11.1 Å². The molecule has 0 bridgehead atoms. The number of benzene rings is 1. The number of hydrogen-bond acceptors (Lipinski definition) is 1. The van der Waals surface area contributed by atoms with Gasteiger partial charge in [0, 0.05) is 8.07 Å². The summed E-state index contributed by atoms with van der Waals surface area (Å²) in [7, 11) is -0.982. The van der Waals surface area contributed by atoms with Gasteiger partial charge in [-0.3, -0.25) is 0 Å². The molecule has 15 heavy (non-hydrogen) atoms. The van der Waals surface area contributed by atoms with E-state index in [1.807, 2.05) is 6.07 Å². The molecular formula is C12H19BrOSi. The van der Waals surface area contributed by atoms with Gasteiger partial charge in [0.1, 0.15) is 5.75 Å². The average Bonchev–Trinajstić information content (AvgIpc) is 2.09. The van der Waals surface area contributed by atoms with Crippen LogP contribution in [0.3, 0.4) is 0 Å². The van der Waals surface area contributed by atoms with Crippen LogP contribution in [0.2, 0.25) is 25.7 Å². The lowest BCUT2D eigenvalue weighted by molar-refractivity contribution is 0.336. The molecule has 0 aliphatic heterocycles. The maximum Gasteiger partial charge on any atom is 0.133 e. The number of halogens is 1. The predicted molar refractivity (Wildman–Crippen MR) is 72.5 cm³/mol. The van der Waals surface area contributed by atoms with E-state index in [4.69, 9.17) is 4.74 Å². The van der Waals surface area contributed by atoms with Crippen LogP contribution in [0.25, 0.3) is 0 Å². The van der Waals surface area contributed by atoms with Gasteiger partial charge < -0.3 is 4.74 Å². The Balaban J connectivity index is 2.54. The Labute approximate surface area is 102 Å². The first-order valence-corrected chi connectivity index (χ1v) is 9.77. The van der Waals surface area contributed by atoms with E-state index in [0.29, 0.717) is 0 Å².